The molecule has 0 aromatic heterocycles. The number of nitrogens with one attached hydrogen (secondary N) is 2. The van der Waals surface area contributed by atoms with E-state index in [1.807, 2.05) is 0 Å². The van der Waals surface area contributed by atoms with Crippen molar-refractivity contribution < 1.29 is 49.0 Å². The Morgan fingerprint density at radius 3 is 1.97 bits per heavy atom. The van der Waals surface area contributed by atoms with E-state index in [0.717, 1.165) is 17.0 Å². The summed E-state index contributed by atoms with van der Waals surface area (Å²) in [5.74, 6) is 0. The average molecular weight is 515 g/mol. The van der Waals surface area contributed by atoms with Gasteiger partial charge in [-0.05, 0) is 54.4 Å². The standard InChI is InChI=1S/C21H18F9N3O2/c1-10-17(11-5-13(19(22,23)24)8-14(6-11)20(25,26)27)35-18(34)33(10)9-12-7-15(32-21(28,29)30)3-4-16(12)31-2/h3-8,10,17,31-32H,9H2,1-2H3/t10-,17-/m0/s1. The molecule has 2 N–H and O–H groups in total. The van der Waals surface area contributed by atoms with Crippen molar-refractivity contribution in [1.29, 1.82) is 0 Å². The van der Waals surface area contributed by atoms with Crippen LogP contribution in [-0.4, -0.2) is 30.4 Å². The maximum absolute atomic E-state index is 13.2. The van der Waals surface area contributed by atoms with Crippen LogP contribution in [0.25, 0.3) is 0 Å². The lowest BCUT2D eigenvalue weighted by atomic mass is 9.97. The zero-order valence-electron chi connectivity index (χ0n) is 18.0. The molecule has 0 aliphatic carbocycles. The number of cyclic esters (lactones) is 1. The van der Waals surface area contributed by atoms with Crippen molar-refractivity contribution in [3.05, 3.63) is 58.7 Å². The summed E-state index contributed by atoms with van der Waals surface area (Å²) in [4.78, 5) is 13.5. The SMILES string of the molecule is CNc1ccc(NC(F)(F)F)cc1CN1C(=O)O[C@H](c2cc(C(F)(F)F)cc(C(F)(F)F)c2)[C@@H]1C. The zero-order chi connectivity index (χ0) is 26.3. The molecule has 1 aliphatic rings. The number of carbonyl (C=O) groups is 1. The first-order valence-corrected chi connectivity index (χ1v) is 9.92. The Labute approximate surface area is 192 Å². The molecule has 1 fully saturated rings. The van der Waals surface area contributed by atoms with E-state index in [1.165, 1.54) is 25.4 Å². The second-order valence-corrected chi connectivity index (χ2v) is 7.76. The summed E-state index contributed by atoms with van der Waals surface area (Å²) in [7, 11) is 1.48. The third-order valence-electron chi connectivity index (χ3n) is 5.33. The Morgan fingerprint density at radius 2 is 1.49 bits per heavy atom. The summed E-state index contributed by atoms with van der Waals surface area (Å²) in [5.41, 5.74) is -3.43. The molecular weight excluding hydrogens is 497 g/mol. The summed E-state index contributed by atoms with van der Waals surface area (Å²) in [6.45, 7) is 1.02. The lowest BCUT2D eigenvalue weighted by molar-refractivity contribution is -0.143. The van der Waals surface area contributed by atoms with Gasteiger partial charge < -0.3 is 10.1 Å². The molecule has 0 unspecified atom stereocenters. The van der Waals surface area contributed by atoms with E-state index in [2.05, 4.69) is 5.32 Å². The van der Waals surface area contributed by atoms with E-state index in [4.69, 9.17) is 4.74 Å². The summed E-state index contributed by atoms with van der Waals surface area (Å²) in [6.07, 6.45) is -17.4. The van der Waals surface area contributed by atoms with Crippen molar-refractivity contribution in [2.24, 2.45) is 0 Å². The van der Waals surface area contributed by atoms with Crippen LogP contribution in [0.2, 0.25) is 0 Å². The molecule has 0 bridgehead atoms. The molecule has 3 rings (SSSR count). The fourth-order valence-electron chi connectivity index (χ4n) is 3.70. The van der Waals surface area contributed by atoms with Gasteiger partial charge in [0.25, 0.3) is 0 Å². The van der Waals surface area contributed by atoms with Gasteiger partial charge in [0.1, 0.15) is 6.10 Å². The number of benzene rings is 2. The molecule has 0 saturated carbocycles. The van der Waals surface area contributed by atoms with E-state index in [9.17, 15) is 44.3 Å². The predicted molar refractivity (Wildman–Crippen MR) is 106 cm³/mol. The largest absolute Gasteiger partial charge is 0.482 e. The minimum Gasteiger partial charge on any atom is -0.439 e. The van der Waals surface area contributed by atoms with Crippen molar-refractivity contribution in [2.75, 3.05) is 17.7 Å². The van der Waals surface area contributed by atoms with Crippen LogP contribution in [-0.2, 0) is 23.6 Å². The second kappa shape index (κ2) is 9.04. The van der Waals surface area contributed by atoms with Gasteiger partial charge in [-0.1, -0.05) is 0 Å². The number of amides is 1. The molecule has 0 spiro atoms. The molecule has 1 aliphatic heterocycles. The molecule has 35 heavy (non-hydrogen) atoms. The number of halogens is 9. The number of nitrogens with zero attached hydrogens (tertiary/aromatic N) is 1. The molecule has 1 saturated heterocycles. The Morgan fingerprint density at radius 1 is 0.914 bits per heavy atom. The monoisotopic (exact) mass is 515 g/mol. The number of anilines is 2. The maximum Gasteiger partial charge on any atom is 0.482 e. The molecule has 2 aromatic rings. The number of alkyl halides is 9. The third kappa shape index (κ3) is 6.03. The second-order valence-electron chi connectivity index (χ2n) is 7.76. The molecule has 5 nitrogen and oxygen atoms in total. The third-order valence-corrected chi connectivity index (χ3v) is 5.33. The average Bonchev–Trinajstić information content (AvgIpc) is 2.99. The van der Waals surface area contributed by atoms with Crippen LogP contribution in [0, 0.1) is 0 Å². The quantitative estimate of drug-likeness (QED) is 0.341. The van der Waals surface area contributed by atoms with Crippen molar-refractivity contribution >= 4 is 17.5 Å². The van der Waals surface area contributed by atoms with E-state index >= 15 is 0 Å². The van der Waals surface area contributed by atoms with Gasteiger partial charge in [0.05, 0.1) is 23.7 Å². The van der Waals surface area contributed by atoms with Gasteiger partial charge in [-0.25, -0.2) is 4.79 Å². The van der Waals surface area contributed by atoms with Crippen LogP contribution in [0.5, 0.6) is 0 Å². The van der Waals surface area contributed by atoms with Crippen LogP contribution in [0.4, 0.5) is 55.7 Å². The Hall–Kier alpha value is -3.32. The van der Waals surface area contributed by atoms with Gasteiger partial charge in [0.2, 0.25) is 0 Å². The summed E-state index contributed by atoms with van der Waals surface area (Å²) < 4.78 is 122. The van der Waals surface area contributed by atoms with Crippen molar-refractivity contribution in [3.63, 3.8) is 0 Å². The van der Waals surface area contributed by atoms with Gasteiger partial charge in [-0.3, -0.25) is 10.2 Å². The number of ether oxygens (including phenoxy) is 1. The fourth-order valence-corrected chi connectivity index (χ4v) is 3.70. The topological polar surface area (TPSA) is 53.6 Å². The van der Waals surface area contributed by atoms with E-state index < -0.39 is 53.6 Å². The van der Waals surface area contributed by atoms with Crippen molar-refractivity contribution in [3.8, 4) is 0 Å². The van der Waals surface area contributed by atoms with E-state index in [-0.39, 0.29) is 23.9 Å². The van der Waals surface area contributed by atoms with Gasteiger partial charge in [-0.2, -0.15) is 39.5 Å². The minimum absolute atomic E-state index is 0.0406. The maximum atomic E-state index is 13.2. The number of carbonyl (C=O) groups excluding carboxylic acids is 1. The van der Waals surface area contributed by atoms with E-state index in [0.29, 0.717) is 17.8 Å². The Kier molecular flexibility index (Phi) is 6.79. The first kappa shape index (κ1) is 26.3. The molecule has 192 valence electrons. The Bertz CT molecular complexity index is 1060. The Balaban J connectivity index is 1.95. The molecule has 0 radical (unpaired) electrons. The molecule has 2 atom stereocenters. The highest BCUT2D eigenvalue weighted by Gasteiger charge is 2.43. The van der Waals surface area contributed by atoms with Crippen LogP contribution in [0.1, 0.15) is 35.3 Å². The summed E-state index contributed by atoms with van der Waals surface area (Å²) >= 11 is 0. The normalized spacial score (nSPS) is 19.1. The molecule has 1 heterocycles. The van der Waals surface area contributed by atoms with Crippen molar-refractivity contribution in [1.82, 2.24) is 4.90 Å². The predicted octanol–water partition coefficient (Wildman–Crippen LogP) is 6.78. The van der Waals surface area contributed by atoms with Crippen LogP contribution >= 0.6 is 0 Å². The van der Waals surface area contributed by atoms with Gasteiger partial charge in [-0.15, -0.1) is 0 Å². The first-order chi connectivity index (χ1) is 16.0. The van der Waals surface area contributed by atoms with E-state index in [1.54, 1.807) is 0 Å². The molecular formula is C21H18F9N3O2. The minimum atomic E-state index is -5.09. The molecule has 14 heteroatoms. The first-order valence-electron chi connectivity index (χ1n) is 9.92. The molecule has 1 amide bonds. The highest BCUT2D eigenvalue weighted by molar-refractivity contribution is 5.72. The fraction of sp³-hybridized carbons (Fsp3) is 0.381. The zero-order valence-corrected chi connectivity index (χ0v) is 18.0. The summed E-state index contributed by atoms with van der Waals surface area (Å²) in [5, 5.41) is 4.06. The number of hydrogen-bond donors (Lipinski definition) is 2. The van der Waals surface area contributed by atoms with Crippen LogP contribution in [0.3, 0.4) is 0 Å². The number of hydrogen-bond acceptors (Lipinski definition) is 4. The van der Waals surface area contributed by atoms with Crippen LogP contribution in [0.15, 0.2) is 36.4 Å². The lowest BCUT2D eigenvalue weighted by Gasteiger charge is -2.24. The highest BCUT2D eigenvalue weighted by atomic mass is 19.4. The summed E-state index contributed by atoms with van der Waals surface area (Å²) in [6, 6.07) is 3.42. The molecule has 2 aromatic carbocycles. The lowest BCUT2D eigenvalue weighted by Crippen LogP contribution is -2.32. The highest BCUT2D eigenvalue weighted by Crippen LogP contribution is 2.41. The van der Waals surface area contributed by atoms with Crippen LogP contribution < -0.4 is 10.6 Å². The van der Waals surface area contributed by atoms with Gasteiger partial charge in [0, 0.05) is 18.4 Å². The van der Waals surface area contributed by atoms with Crippen molar-refractivity contribution in [2.45, 2.75) is 44.3 Å². The smallest absolute Gasteiger partial charge is 0.439 e. The number of rotatable bonds is 5. The van der Waals surface area contributed by atoms with Gasteiger partial charge in [0.15, 0.2) is 0 Å². The van der Waals surface area contributed by atoms with Gasteiger partial charge >= 0.3 is 24.7 Å².